The summed E-state index contributed by atoms with van der Waals surface area (Å²) in [5.41, 5.74) is 0.288. The molecule has 1 N–H and O–H groups in total. The van der Waals surface area contributed by atoms with Crippen LogP contribution in [0.25, 0.3) is 0 Å². The van der Waals surface area contributed by atoms with E-state index < -0.39 is 10.0 Å². The van der Waals surface area contributed by atoms with Gasteiger partial charge >= 0.3 is 0 Å². The first-order valence-corrected chi connectivity index (χ1v) is 9.75. The van der Waals surface area contributed by atoms with Crippen LogP contribution in [0.4, 0.5) is 0 Å². The fourth-order valence-corrected chi connectivity index (χ4v) is 3.30. The Kier molecular flexibility index (Phi) is 8.22. The van der Waals surface area contributed by atoms with Crippen molar-refractivity contribution >= 4 is 21.8 Å². The lowest BCUT2D eigenvalue weighted by atomic mass is 10.2. The summed E-state index contributed by atoms with van der Waals surface area (Å²) in [5.74, 6) is -0.515. The molecule has 0 saturated heterocycles. The van der Waals surface area contributed by atoms with Crippen LogP contribution in [0.2, 0.25) is 0 Å². The maximum Gasteiger partial charge on any atom is 0.254 e. The molecule has 9 heteroatoms. The Morgan fingerprint density at radius 1 is 1.15 bits per heavy atom. The molecule has 0 fully saturated rings. The second kappa shape index (κ2) is 9.89. The molecule has 0 aliphatic carbocycles. The van der Waals surface area contributed by atoms with Crippen LogP contribution in [-0.2, 0) is 14.8 Å². The van der Waals surface area contributed by atoms with Gasteiger partial charge in [-0.1, -0.05) is 0 Å². The Bertz CT molecular complexity index is 765. The van der Waals surface area contributed by atoms with Crippen LogP contribution in [0.1, 0.15) is 30.6 Å². The second-order valence-electron chi connectivity index (χ2n) is 5.56. The minimum absolute atomic E-state index is 0.00820. The lowest BCUT2D eigenvalue weighted by Crippen LogP contribution is -2.41. The molecule has 0 aliphatic rings. The topological polar surface area (TPSA) is 111 Å². The van der Waals surface area contributed by atoms with Gasteiger partial charge in [0.25, 0.3) is 5.91 Å². The maximum atomic E-state index is 12.4. The molecule has 0 atom stereocenters. The van der Waals surface area contributed by atoms with Crippen molar-refractivity contribution in [1.82, 2.24) is 14.5 Å². The Labute approximate surface area is 154 Å². The molecule has 142 valence electrons. The van der Waals surface area contributed by atoms with E-state index in [1.165, 1.54) is 36.2 Å². The highest BCUT2D eigenvalue weighted by Crippen LogP contribution is 2.12. The highest BCUT2D eigenvalue weighted by Gasteiger charge is 2.19. The normalized spacial score (nSPS) is 10.8. The molecule has 0 aromatic heterocycles. The predicted molar refractivity (Wildman–Crippen MR) is 96.7 cm³/mol. The van der Waals surface area contributed by atoms with Gasteiger partial charge in [-0.15, -0.1) is 0 Å². The van der Waals surface area contributed by atoms with E-state index in [4.69, 9.17) is 5.26 Å². The van der Waals surface area contributed by atoms with Gasteiger partial charge in [0.1, 0.15) is 0 Å². The van der Waals surface area contributed by atoms with Gasteiger partial charge < -0.3 is 9.80 Å². The number of amides is 2. The smallest absolute Gasteiger partial charge is 0.254 e. The first-order valence-electron chi connectivity index (χ1n) is 8.26. The number of rotatable bonds is 9. The van der Waals surface area contributed by atoms with E-state index in [2.05, 4.69) is 4.72 Å². The van der Waals surface area contributed by atoms with Gasteiger partial charge in [-0.25, -0.2) is 13.1 Å². The Hall–Kier alpha value is -2.44. The number of nitriles is 1. The summed E-state index contributed by atoms with van der Waals surface area (Å²) in [6.45, 7) is 4.86. The quantitative estimate of drug-likeness (QED) is 0.638. The number of hydrogen-bond donors (Lipinski definition) is 1. The lowest BCUT2D eigenvalue weighted by Gasteiger charge is -2.23. The molecule has 0 radical (unpaired) electrons. The number of hydrogen-bond acceptors (Lipinski definition) is 5. The van der Waals surface area contributed by atoms with Gasteiger partial charge in [-0.3, -0.25) is 9.59 Å². The zero-order valence-electron chi connectivity index (χ0n) is 15.2. The summed E-state index contributed by atoms with van der Waals surface area (Å²) in [4.78, 5) is 27.4. The minimum atomic E-state index is -3.72. The molecule has 1 aromatic carbocycles. The SMILES string of the molecule is CCN(CC)C(=O)CN(C)C(=O)c1ccc(S(=O)(=O)NCCC#N)cc1. The standard InChI is InChI=1S/C17H24N4O4S/c1-4-21(5-2)16(22)13-20(3)17(23)14-7-9-15(10-8-14)26(24,25)19-12-6-11-18/h7-10,19H,4-6,12-13H2,1-3H3. The van der Waals surface area contributed by atoms with Crippen LogP contribution in [0, 0.1) is 11.3 Å². The third kappa shape index (κ3) is 5.82. The average Bonchev–Trinajstić information content (AvgIpc) is 2.62. The van der Waals surface area contributed by atoms with E-state index in [1.54, 1.807) is 4.90 Å². The van der Waals surface area contributed by atoms with E-state index in [-0.39, 0.29) is 41.8 Å². The van der Waals surface area contributed by atoms with E-state index in [0.29, 0.717) is 13.1 Å². The molecular weight excluding hydrogens is 356 g/mol. The van der Waals surface area contributed by atoms with Crippen LogP contribution in [0.5, 0.6) is 0 Å². The fourth-order valence-electron chi connectivity index (χ4n) is 2.27. The number of likely N-dealkylation sites (N-methyl/N-ethyl adjacent to an activating group) is 2. The molecular formula is C17H24N4O4S. The summed E-state index contributed by atoms with van der Waals surface area (Å²) < 4.78 is 26.4. The first-order chi connectivity index (χ1) is 12.3. The van der Waals surface area contributed by atoms with Crippen molar-refractivity contribution in [3.63, 3.8) is 0 Å². The Balaban J connectivity index is 2.80. The first kappa shape index (κ1) is 21.6. The Morgan fingerprint density at radius 2 is 1.73 bits per heavy atom. The van der Waals surface area contributed by atoms with Gasteiger partial charge in [-0.2, -0.15) is 5.26 Å². The van der Waals surface area contributed by atoms with Crippen LogP contribution in [0.15, 0.2) is 29.2 Å². The summed E-state index contributed by atoms with van der Waals surface area (Å²) >= 11 is 0. The Morgan fingerprint density at radius 3 is 2.23 bits per heavy atom. The highest BCUT2D eigenvalue weighted by molar-refractivity contribution is 7.89. The summed E-state index contributed by atoms with van der Waals surface area (Å²) in [6.07, 6.45) is 0.0706. The second-order valence-corrected chi connectivity index (χ2v) is 7.32. The molecule has 0 heterocycles. The van der Waals surface area contributed by atoms with E-state index in [9.17, 15) is 18.0 Å². The summed E-state index contributed by atoms with van der Waals surface area (Å²) in [5, 5.41) is 8.46. The van der Waals surface area contributed by atoms with Crippen molar-refractivity contribution in [1.29, 1.82) is 5.26 Å². The summed E-state index contributed by atoms with van der Waals surface area (Å²) in [7, 11) is -2.19. The molecule has 0 bridgehead atoms. The number of carbonyl (C=O) groups is 2. The van der Waals surface area contributed by atoms with Gasteiger partial charge in [0.15, 0.2) is 0 Å². The molecule has 0 saturated carbocycles. The van der Waals surface area contributed by atoms with Crippen LogP contribution in [-0.4, -0.2) is 63.3 Å². The number of benzene rings is 1. The van der Waals surface area contributed by atoms with Crippen molar-refractivity contribution in [2.75, 3.05) is 33.2 Å². The zero-order chi connectivity index (χ0) is 19.7. The van der Waals surface area contributed by atoms with E-state index in [1.807, 2.05) is 19.9 Å². The molecule has 1 aromatic rings. The van der Waals surface area contributed by atoms with E-state index in [0.717, 1.165) is 0 Å². The van der Waals surface area contributed by atoms with Gasteiger partial charge in [0.2, 0.25) is 15.9 Å². The van der Waals surface area contributed by atoms with Gasteiger partial charge in [0.05, 0.1) is 17.5 Å². The fraction of sp³-hybridized carbons (Fsp3) is 0.471. The van der Waals surface area contributed by atoms with Crippen molar-refractivity contribution in [2.45, 2.75) is 25.2 Å². The minimum Gasteiger partial charge on any atom is -0.342 e. The van der Waals surface area contributed by atoms with Crippen molar-refractivity contribution < 1.29 is 18.0 Å². The summed E-state index contributed by atoms with van der Waals surface area (Å²) in [6, 6.07) is 7.30. The van der Waals surface area contributed by atoms with Crippen molar-refractivity contribution in [3.8, 4) is 6.07 Å². The molecule has 0 unspecified atom stereocenters. The zero-order valence-corrected chi connectivity index (χ0v) is 16.0. The monoisotopic (exact) mass is 380 g/mol. The van der Waals surface area contributed by atoms with Crippen LogP contribution in [0.3, 0.4) is 0 Å². The van der Waals surface area contributed by atoms with Crippen LogP contribution < -0.4 is 4.72 Å². The number of nitrogens with zero attached hydrogens (tertiary/aromatic N) is 3. The molecule has 8 nitrogen and oxygen atoms in total. The molecule has 0 spiro atoms. The number of sulfonamides is 1. The van der Waals surface area contributed by atoms with E-state index >= 15 is 0 Å². The lowest BCUT2D eigenvalue weighted by molar-refractivity contribution is -0.131. The highest BCUT2D eigenvalue weighted by atomic mass is 32.2. The van der Waals surface area contributed by atoms with Gasteiger partial charge in [-0.05, 0) is 38.1 Å². The third-order valence-corrected chi connectivity index (χ3v) is 5.25. The largest absolute Gasteiger partial charge is 0.342 e. The predicted octanol–water partition coefficient (Wildman–Crippen LogP) is 0.819. The number of carbonyl (C=O) groups excluding carboxylic acids is 2. The van der Waals surface area contributed by atoms with Crippen molar-refractivity contribution in [2.24, 2.45) is 0 Å². The maximum absolute atomic E-state index is 12.4. The van der Waals surface area contributed by atoms with Crippen molar-refractivity contribution in [3.05, 3.63) is 29.8 Å². The third-order valence-electron chi connectivity index (χ3n) is 3.78. The van der Waals surface area contributed by atoms with Gasteiger partial charge in [0, 0.05) is 38.7 Å². The average molecular weight is 380 g/mol. The molecule has 2 amide bonds. The number of nitrogens with one attached hydrogen (secondary N) is 1. The molecule has 1 rings (SSSR count). The van der Waals surface area contributed by atoms with Crippen LogP contribution >= 0.6 is 0 Å². The molecule has 0 aliphatic heterocycles. The molecule has 26 heavy (non-hydrogen) atoms.